The number of ether oxygens (including phenoxy) is 1. The maximum absolute atomic E-state index is 9.65. The molecule has 0 bridgehead atoms. The van der Waals surface area contributed by atoms with E-state index >= 15 is 0 Å². The SMILES string of the molecule is CCc1c(O)[nH]c(O)c1CCC(CC)OC. The lowest BCUT2D eigenvalue weighted by Gasteiger charge is -2.12. The molecule has 3 N–H and O–H groups in total. The molecule has 0 spiro atoms. The quantitative estimate of drug-likeness (QED) is 0.699. The highest BCUT2D eigenvalue weighted by Crippen LogP contribution is 2.31. The summed E-state index contributed by atoms with van der Waals surface area (Å²) in [5, 5.41) is 19.2. The van der Waals surface area contributed by atoms with Crippen LogP contribution < -0.4 is 0 Å². The molecule has 0 fully saturated rings. The van der Waals surface area contributed by atoms with Crippen molar-refractivity contribution in [3.05, 3.63) is 11.1 Å². The molecule has 0 aliphatic carbocycles. The highest BCUT2D eigenvalue weighted by atomic mass is 16.5. The summed E-state index contributed by atoms with van der Waals surface area (Å²) in [5.41, 5.74) is 1.62. The van der Waals surface area contributed by atoms with Crippen molar-refractivity contribution in [3.8, 4) is 11.8 Å². The van der Waals surface area contributed by atoms with E-state index < -0.39 is 0 Å². The Labute approximate surface area is 96.3 Å². The molecule has 4 nitrogen and oxygen atoms in total. The van der Waals surface area contributed by atoms with E-state index in [0.29, 0.717) is 6.42 Å². The number of hydrogen-bond acceptors (Lipinski definition) is 3. The number of rotatable bonds is 6. The number of H-pyrrole nitrogens is 1. The first-order valence-corrected chi connectivity index (χ1v) is 5.78. The average molecular weight is 227 g/mol. The van der Waals surface area contributed by atoms with Crippen molar-refractivity contribution in [1.29, 1.82) is 0 Å². The first-order chi connectivity index (χ1) is 7.63. The third-order valence-corrected chi connectivity index (χ3v) is 3.03. The van der Waals surface area contributed by atoms with E-state index in [1.54, 1.807) is 7.11 Å². The summed E-state index contributed by atoms with van der Waals surface area (Å²) in [6.45, 7) is 4.03. The summed E-state index contributed by atoms with van der Waals surface area (Å²) in [6, 6.07) is 0. The van der Waals surface area contributed by atoms with Gasteiger partial charge in [-0.15, -0.1) is 0 Å². The van der Waals surface area contributed by atoms with Gasteiger partial charge in [0.15, 0.2) is 11.8 Å². The normalized spacial score (nSPS) is 12.9. The van der Waals surface area contributed by atoms with Crippen LogP contribution in [0.3, 0.4) is 0 Å². The second-order valence-corrected chi connectivity index (χ2v) is 3.94. The number of nitrogens with one attached hydrogen (secondary N) is 1. The molecule has 0 radical (unpaired) electrons. The van der Waals surface area contributed by atoms with E-state index in [0.717, 1.165) is 30.4 Å². The molecule has 1 aromatic rings. The van der Waals surface area contributed by atoms with Gasteiger partial charge < -0.3 is 14.9 Å². The Kier molecular flexibility index (Phi) is 4.68. The zero-order valence-corrected chi connectivity index (χ0v) is 10.2. The predicted molar refractivity (Wildman–Crippen MR) is 62.9 cm³/mol. The molecule has 0 amide bonds. The summed E-state index contributed by atoms with van der Waals surface area (Å²) in [5.74, 6) is 0.167. The van der Waals surface area contributed by atoms with Crippen LogP contribution in [0.5, 0.6) is 11.8 Å². The second kappa shape index (κ2) is 5.80. The van der Waals surface area contributed by atoms with Crippen molar-refractivity contribution >= 4 is 0 Å². The van der Waals surface area contributed by atoms with Gasteiger partial charge in [0, 0.05) is 18.2 Å². The van der Waals surface area contributed by atoms with Gasteiger partial charge in [0.25, 0.3) is 0 Å². The van der Waals surface area contributed by atoms with Crippen LogP contribution >= 0.6 is 0 Å². The number of hydrogen-bond donors (Lipinski definition) is 3. The first-order valence-electron chi connectivity index (χ1n) is 5.78. The summed E-state index contributed by atoms with van der Waals surface area (Å²) >= 11 is 0. The third kappa shape index (κ3) is 2.70. The molecule has 1 aromatic heterocycles. The average Bonchev–Trinajstić information content (AvgIpc) is 2.54. The largest absolute Gasteiger partial charge is 0.494 e. The monoisotopic (exact) mass is 227 g/mol. The van der Waals surface area contributed by atoms with Crippen molar-refractivity contribution in [2.45, 2.75) is 45.6 Å². The van der Waals surface area contributed by atoms with Gasteiger partial charge in [-0.2, -0.15) is 0 Å². The van der Waals surface area contributed by atoms with Crippen LogP contribution in [-0.4, -0.2) is 28.4 Å². The number of aromatic nitrogens is 1. The summed E-state index contributed by atoms with van der Waals surface area (Å²) in [6.07, 6.45) is 3.45. The minimum atomic E-state index is 0.0836. The Bertz CT molecular complexity index is 329. The van der Waals surface area contributed by atoms with Gasteiger partial charge in [0.05, 0.1) is 6.10 Å². The molecule has 1 atom stereocenters. The molecule has 4 heteroatoms. The summed E-state index contributed by atoms with van der Waals surface area (Å²) in [7, 11) is 1.70. The fourth-order valence-corrected chi connectivity index (χ4v) is 1.99. The fraction of sp³-hybridized carbons (Fsp3) is 0.667. The van der Waals surface area contributed by atoms with E-state index in [4.69, 9.17) is 4.74 Å². The maximum atomic E-state index is 9.65. The minimum absolute atomic E-state index is 0.0836. The Morgan fingerprint density at radius 3 is 2.31 bits per heavy atom. The summed E-state index contributed by atoms with van der Waals surface area (Å²) in [4.78, 5) is 2.56. The highest BCUT2D eigenvalue weighted by Gasteiger charge is 2.16. The zero-order valence-electron chi connectivity index (χ0n) is 10.2. The van der Waals surface area contributed by atoms with Gasteiger partial charge in [0.2, 0.25) is 0 Å². The van der Waals surface area contributed by atoms with Gasteiger partial charge in [-0.05, 0) is 25.7 Å². The molecular formula is C12H21NO3. The van der Waals surface area contributed by atoms with Crippen molar-refractivity contribution in [2.75, 3.05) is 7.11 Å². The van der Waals surface area contributed by atoms with Gasteiger partial charge in [-0.25, -0.2) is 0 Å². The number of aromatic amines is 1. The smallest absolute Gasteiger partial charge is 0.194 e. The van der Waals surface area contributed by atoms with Crippen LogP contribution in [0, 0.1) is 0 Å². The molecule has 1 rings (SSSR count). The topological polar surface area (TPSA) is 65.5 Å². The Morgan fingerprint density at radius 1 is 1.19 bits per heavy atom. The van der Waals surface area contributed by atoms with Gasteiger partial charge in [-0.1, -0.05) is 13.8 Å². The Morgan fingerprint density at radius 2 is 1.81 bits per heavy atom. The lowest BCUT2D eigenvalue weighted by molar-refractivity contribution is 0.0923. The van der Waals surface area contributed by atoms with Crippen LogP contribution in [-0.2, 0) is 17.6 Å². The second-order valence-electron chi connectivity index (χ2n) is 3.94. The molecule has 92 valence electrons. The molecule has 0 saturated heterocycles. The van der Waals surface area contributed by atoms with Crippen molar-refractivity contribution in [3.63, 3.8) is 0 Å². The van der Waals surface area contributed by atoms with E-state index in [2.05, 4.69) is 11.9 Å². The Balaban J connectivity index is 2.72. The van der Waals surface area contributed by atoms with E-state index in [1.807, 2.05) is 6.92 Å². The van der Waals surface area contributed by atoms with Crippen LogP contribution in [0.15, 0.2) is 0 Å². The molecule has 0 aliphatic heterocycles. The van der Waals surface area contributed by atoms with Crippen molar-refractivity contribution in [1.82, 2.24) is 4.98 Å². The summed E-state index contributed by atoms with van der Waals surface area (Å²) < 4.78 is 5.29. The lowest BCUT2D eigenvalue weighted by atomic mass is 10.0. The first kappa shape index (κ1) is 12.9. The number of aromatic hydroxyl groups is 2. The third-order valence-electron chi connectivity index (χ3n) is 3.03. The molecular weight excluding hydrogens is 206 g/mol. The standard InChI is InChI=1S/C12H21NO3/c1-4-8(16-3)6-7-10-9(5-2)11(14)13-12(10)15/h8,13-15H,4-7H2,1-3H3. The maximum Gasteiger partial charge on any atom is 0.194 e. The lowest BCUT2D eigenvalue weighted by Crippen LogP contribution is -2.10. The van der Waals surface area contributed by atoms with Crippen LogP contribution in [0.2, 0.25) is 0 Å². The molecule has 1 unspecified atom stereocenters. The van der Waals surface area contributed by atoms with Crippen molar-refractivity contribution < 1.29 is 14.9 Å². The highest BCUT2D eigenvalue weighted by molar-refractivity contribution is 5.43. The van der Waals surface area contributed by atoms with E-state index in [-0.39, 0.29) is 17.9 Å². The van der Waals surface area contributed by atoms with E-state index in [9.17, 15) is 10.2 Å². The van der Waals surface area contributed by atoms with Gasteiger partial charge in [0.1, 0.15) is 0 Å². The number of methoxy groups -OCH3 is 1. The molecule has 0 saturated carbocycles. The van der Waals surface area contributed by atoms with Gasteiger partial charge in [-0.3, -0.25) is 4.98 Å². The molecule has 16 heavy (non-hydrogen) atoms. The Hall–Kier alpha value is -1.16. The van der Waals surface area contributed by atoms with Crippen LogP contribution in [0.4, 0.5) is 0 Å². The van der Waals surface area contributed by atoms with Crippen molar-refractivity contribution in [2.24, 2.45) is 0 Å². The molecule has 0 aliphatic rings. The molecule has 0 aromatic carbocycles. The molecule has 1 heterocycles. The van der Waals surface area contributed by atoms with Crippen LogP contribution in [0.1, 0.15) is 37.8 Å². The predicted octanol–water partition coefficient (Wildman–Crippen LogP) is 2.35. The zero-order chi connectivity index (χ0) is 12.1. The van der Waals surface area contributed by atoms with Gasteiger partial charge >= 0.3 is 0 Å². The minimum Gasteiger partial charge on any atom is -0.494 e. The van der Waals surface area contributed by atoms with E-state index in [1.165, 1.54) is 0 Å². The van der Waals surface area contributed by atoms with Crippen LogP contribution in [0.25, 0.3) is 0 Å². The fourth-order valence-electron chi connectivity index (χ4n) is 1.99.